The van der Waals surface area contributed by atoms with Crippen LogP contribution in [0.1, 0.15) is 61.6 Å². The average molecular weight is 696 g/mol. The van der Waals surface area contributed by atoms with Gasteiger partial charge in [0, 0.05) is 32.8 Å². The van der Waals surface area contributed by atoms with E-state index >= 15 is 0 Å². The van der Waals surface area contributed by atoms with Gasteiger partial charge in [-0.15, -0.1) is 11.8 Å². The molecular formula is C41H33N3O6S. The molecule has 0 saturated carbocycles. The summed E-state index contributed by atoms with van der Waals surface area (Å²) in [7, 11) is 0. The van der Waals surface area contributed by atoms with Crippen LogP contribution in [0.2, 0.25) is 0 Å². The first-order valence-corrected chi connectivity index (χ1v) is 17.1. The number of nitrogens with one attached hydrogen (secondary N) is 3. The Labute approximate surface area is 299 Å². The van der Waals surface area contributed by atoms with Crippen molar-refractivity contribution in [1.82, 2.24) is 5.32 Å². The number of fused-ring (bicyclic) bond motifs is 2. The van der Waals surface area contributed by atoms with Crippen LogP contribution in [0.5, 0.6) is 5.75 Å². The Balaban J connectivity index is 1.12. The summed E-state index contributed by atoms with van der Waals surface area (Å²) < 4.78 is 5.51. The molecule has 0 aliphatic heterocycles. The maximum absolute atomic E-state index is 13.5. The van der Waals surface area contributed by atoms with Gasteiger partial charge in [0.1, 0.15) is 11.4 Å². The summed E-state index contributed by atoms with van der Waals surface area (Å²) in [6, 6.07) is 34.2. The van der Waals surface area contributed by atoms with E-state index in [-0.39, 0.29) is 40.0 Å². The highest BCUT2D eigenvalue weighted by Gasteiger charge is 2.32. The van der Waals surface area contributed by atoms with Crippen LogP contribution in [0.3, 0.4) is 0 Å². The van der Waals surface area contributed by atoms with Crippen molar-refractivity contribution in [3.63, 3.8) is 0 Å². The van der Waals surface area contributed by atoms with Crippen molar-refractivity contribution in [2.45, 2.75) is 24.0 Å². The summed E-state index contributed by atoms with van der Waals surface area (Å²) in [5.41, 5.74) is 2.99. The number of ketones is 2. The number of rotatable bonds is 11. The second kappa shape index (κ2) is 15.5. The van der Waals surface area contributed by atoms with Crippen molar-refractivity contribution < 1.29 is 28.7 Å². The predicted molar refractivity (Wildman–Crippen MR) is 198 cm³/mol. The lowest BCUT2D eigenvalue weighted by molar-refractivity contribution is -0.115. The van der Waals surface area contributed by atoms with Gasteiger partial charge < -0.3 is 20.7 Å². The van der Waals surface area contributed by atoms with E-state index in [2.05, 4.69) is 16.0 Å². The molecule has 51 heavy (non-hydrogen) atoms. The standard InChI is InChI=1S/C41H33N3O6S/c1-3-50-29-20-16-26(17-21-29)24-35(44-40(48)27-10-5-4-6-11-27)41(49)42-28-18-22-30(23-19-28)51-25(2)39(47)43-34-15-9-14-33-36(34)38(46)32-13-8-7-12-31(32)37(33)45/h4-25H,3H2,1-2H3,(H,42,49)(H,43,47)(H,44,48)/b35-24-. The number of anilines is 2. The molecule has 0 spiro atoms. The zero-order chi connectivity index (χ0) is 35.9. The number of hydrogen-bond acceptors (Lipinski definition) is 7. The molecule has 5 aromatic carbocycles. The van der Waals surface area contributed by atoms with Gasteiger partial charge in [0.05, 0.1) is 23.1 Å². The largest absolute Gasteiger partial charge is 0.494 e. The number of carbonyl (C=O) groups excluding carboxylic acids is 5. The second-order valence-electron chi connectivity index (χ2n) is 11.5. The Morgan fingerprint density at radius 3 is 2.06 bits per heavy atom. The molecular weight excluding hydrogens is 663 g/mol. The topological polar surface area (TPSA) is 131 Å². The minimum Gasteiger partial charge on any atom is -0.494 e. The highest BCUT2D eigenvalue weighted by atomic mass is 32.2. The highest BCUT2D eigenvalue weighted by molar-refractivity contribution is 8.00. The number of amides is 3. The summed E-state index contributed by atoms with van der Waals surface area (Å²) in [5, 5.41) is 7.84. The van der Waals surface area contributed by atoms with Crippen LogP contribution in [0.25, 0.3) is 6.08 Å². The number of carbonyl (C=O) groups is 5. The third-order valence-electron chi connectivity index (χ3n) is 8.04. The lowest BCUT2D eigenvalue weighted by Crippen LogP contribution is -2.30. The van der Waals surface area contributed by atoms with E-state index in [9.17, 15) is 24.0 Å². The molecule has 254 valence electrons. The van der Waals surface area contributed by atoms with E-state index in [1.54, 1.807) is 134 Å². The van der Waals surface area contributed by atoms with Crippen LogP contribution in [0, 0.1) is 0 Å². The number of hydrogen-bond donors (Lipinski definition) is 3. The molecule has 1 atom stereocenters. The van der Waals surface area contributed by atoms with Gasteiger partial charge in [-0.3, -0.25) is 24.0 Å². The lowest BCUT2D eigenvalue weighted by Gasteiger charge is -2.21. The molecule has 0 saturated heterocycles. The van der Waals surface area contributed by atoms with E-state index in [1.165, 1.54) is 11.8 Å². The fourth-order valence-corrected chi connectivity index (χ4v) is 6.36. The van der Waals surface area contributed by atoms with Gasteiger partial charge in [0.15, 0.2) is 11.6 Å². The fourth-order valence-electron chi connectivity index (χ4n) is 5.49. The molecule has 0 fully saturated rings. The van der Waals surface area contributed by atoms with Crippen LogP contribution < -0.4 is 20.7 Å². The first-order chi connectivity index (χ1) is 24.7. The maximum atomic E-state index is 13.5. The van der Waals surface area contributed by atoms with E-state index < -0.39 is 17.1 Å². The van der Waals surface area contributed by atoms with Gasteiger partial charge in [0.2, 0.25) is 5.91 Å². The van der Waals surface area contributed by atoms with Crippen LogP contribution in [-0.2, 0) is 9.59 Å². The number of benzene rings is 5. The van der Waals surface area contributed by atoms with E-state index in [4.69, 9.17) is 4.74 Å². The molecule has 6 rings (SSSR count). The van der Waals surface area contributed by atoms with Crippen LogP contribution in [-0.4, -0.2) is 41.1 Å². The molecule has 0 bridgehead atoms. The molecule has 5 aromatic rings. The molecule has 10 heteroatoms. The Hall–Kier alpha value is -6.26. The molecule has 0 radical (unpaired) electrons. The molecule has 9 nitrogen and oxygen atoms in total. The van der Waals surface area contributed by atoms with Crippen LogP contribution in [0.4, 0.5) is 11.4 Å². The van der Waals surface area contributed by atoms with Crippen LogP contribution in [0.15, 0.2) is 132 Å². The van der Waals surface area contributed by atoms with Crippen molar-refractivity contribution in [1.29, 1.82) is 0 Å². The highest BCUT2D eigenvalue weighted by Crippen LogP contribution is 2.33. The van der Waals surface area contributed by atoms with E-state index in [0.717, 1.165) is 4.90 Å². The minimum absolute atomic E-state index is 0.0449. The van der Waals surface area contributed by atoms with E-state index in [1.807, 2.05) is 6.92 Å². The third-order valence-corrected chi connectivity index (χ3v) is 9.15. The SMILES string of the molecule is CCOc1ccc(/C=C(\NC(=O)c2ccccc2)C(=O)Nc2ccc(SC(C)C(=O)Nc3cccc4c3C(=O)c3ccccc3C4=O)cc2)cc1. The zero-order valence-corrected chi connectivity index (χ0v) is 28.6. The Kier molecular flexibility index (Phi) is 10.5. The van der Waals surface area contributed by atoms with E-state index in [0.29, 0.717) is 40.3 Å². The molecule has 1 aliphatic rings. The molecule has 3 N–H and O–H groups in total. The van der Waals surface area contributed by atoms with Crippen molar-refractivity contribution in [3.8, 4) is 5.75 Å². The first-order valence-electron chi connectivity index (χ1n) is 16.2. The van der Waals surface area contributed by atoms with Gasteiger partial charge in [-0.25, -0.2) is 0 Å². The summed E-state index contributed by atoms with van der Waals surface area (Å²) in [6.07, 6.45) is 1.59. The molecule has 0 aromatic heterocycles. The normalized spacial score (nSPS) is 12.6. The van der Waals surface area contributed by atoms with Gasteiger partial charge in [-0.2, -0.15) is 0 Å². The zero-order valence-electron chi connectivity index (χ0n) is 27.8. The predicted octanol–water partition coefficient (Wildman–Crippen LogP) is 7.39. The van der Waals surface area contributed by atoms with Crippen LogP contribution >= 0.6 is 11.8 Å². The van der Waals surface area contributed by atoms with Crippen molar-refractivity contribution in [3.05, 3.63) is 160 Å². The van der Waals surface area contributed by atoms with Gasteiger partial charge in [-0.05, 0) is 80.1 Å². The number of thioether (sulfide) groups is 1. The lowest BCUT2D eigenvalue weighted by atomic mass is 9.83. The minimum atomic E-state index is -0.570. The van der Waals surface area contributed by atoms with Gasteiger partial charge in [0.25, 0.3) is 11.8 Å². The van der Waals surface area contributed by atoms with Gasteiger partial charge in [-0.1, -0.05) is 66.7 Å². The fraction of sp³-hybridized carbons (Fsp3) is 0.0976. The number of ether oxygens (including phenoxy) is 1. The molecule has 0 heterocycles. The monoisotopic (exact) mass is 695 g/mol. The summed E-state index contributed by atoms with van der Waals surface area (Å²) in [6.45, 7) is 4.15. The average Bonchev–Trinajstić information content (AvgIpc) is 3.15. The third kappa shape index (κ3) is 7.98. The molecule has 1 unspecified atom stereocenters. The summed E-state index contributed by atoms with van der Waals surface area (Å²) >= 11 is 1.29. The Bertz CT molecular complexity index is 2160. The van der Waals surface area contributed by atoms with Crippen molar-refractivity contribution in [2.75, 3.05) is 17.2 Å². The summed E-state index contributed by atoms with van der Waals surface area (Å²) in [4.78, 5) is 66.9. The molecule has 1 aliphatic carbocycles. The second-order valence-corrected chi connectivity index (χ2v) is 13.0. The molecule has 3 amide bonds. The van der Waals surface area contributed by atoms with Gasteiger partial charge >= 0.3 is 0 Å². The van der Waals surface area contributed by atoms with Crippen molar-refractivity contribution in [2.24, 2.45) is 0 Å². The Morgan fingerprint density at radius 2 is 1.37 bits per heavy atom. The summed E-state index contributed by atoms with van der Waals surface area (Å²) in [5.74, 6) is -1.19. The smallest absolute Gasteiger partial charge is 0.272 e. The van der Waals surface area contributed by atoms with Crippen molar-refractivity contribution >= 4 is 58.5 Å². The maximum Gasteiger partial charge on any atom is 0.272 e. The quantitative estimate of drug-likeness (QED) is 0.0952. The first kappa shape index (κ1) is 34.6. The Morgan fingerprint density at radius 1 is 0.725 bits per heavy atom.